The molecule has 0 aliphatic carbocycles. The summed E-state index contributed by atoms with van der Waals surface area (Å²) in [5.41, 5.74) is 6.72. The fourth-order valence-electron chi connectivity index (χ4n) is 2.59. The molecule has 6 nitrogen and oxygen atoms in total. The number of nitrogens with two attached hydrogens (primary N) is 1. The van der Waals surface area contributed by atoms with E-state index in [-0.39, 0.29) is 11.9 Å². The molecule has 3 atom stereocenters. The van der Waals surface area contributed by atoms with Crippen LogP contribution >= 0.6 is 0 Å². The summed E-state index contributed by atoms with van der Waals surface area (Å²) < 4.78 is 1.65. The molecule has 1 aliphatic rings. The molecular formula is C13H23N5O. The van der Waals surface area contributed by atoms with E-state index in [4.69, 9.17) is 5.73 Å². The molecule has 2 heterocycles. The summed E-state index contributed by atoms with van der Waals surface area (Å²) in [5, 5.41) is 7.11. The Labute approximate surface area is 113 Å². The van der Waals surface area contributed by atoms with Crippen molar-refractivity contribution in [3.63, 3.8) is 0 Å². The third-order valence-corrected chi connectivity index (χ3v) is 3.80. The van der Waals surface area contributed by atoms with Gasteiger partial charge in [0.15, 0.2) is 0 Å². The summed E-state index contributed by atoms with van der Waals surface area (Å²) in [6.45, 7) is 4.18. The summed E-state index contributed by atoms with van der Waals surface area (Å²) in [4.78, 5) is 14.4. The maximum absolute atomic E-state index is 12.2. The topological polar surface area (TPSA) is 76.2 Å². The molecule has 19 heavy (non-hydrogen) atoms. The van der Waals surface area contributed by atoms with E-state index in [1.54, 1.807) is 17.1 Å². The third kappa shape index (κ3) is 3.33. The summed E-state index contributed by atoms with van der Waals surface area (Å²) in [6.07, 6.45) is 4.40. The predicted octanol–water partition coefficient (Wildman–Crippen LogP) is -0.124. The third-order valence-electron chi connectivity index (χ3n) is 3.80. The first-order valence-corrected chi connectivity index (χ1v) is 6.70. The van der Waals surface area contributed by atoms with E-state index in [2.05, 4.69) is 29.3 Å². The number of nitrogens with zero attached hydrogens (tertiary/aromatic N) is 3. The lowest BCUT2D eigenvalue weighted by Crippen LogP contribution is -2.50. The van der Waals surface area contributed by atoms with Gasteiger partial charge in [-0.05, 0) is 25.9 Å². The van der Waals surface area contributed by atoms with Crippen LogP contribution in [0.15, 0.2) is 12.4 Å². The van der Waals surface area contributed by atoms with Gasteiger partial charge in [-0.2, -0.15) is 5.10 Å². The molecular weight excluding hydrogens is 242 g/mol. The molecule has 3 N–H and O–H groups in total. The predicted molar refractivity (Wildman–Crippen MR) is 73.3 cm³/mol. The largest absolute Gasteiger partial charge is 0.351 e. The highest BCUT2D eigenvalue weighted by Crippen LogP contribution is 2.17. The van der Waals surface area contributed by atoms with Crippen LogP contribution in [0.3, 0.4) is 0 Å². The van der Waals surface area contributed by atoms with Crippen LogP contribution < -0.4 is 11.1 Å². The van der Waals surface area contributed by atoms with Gasteiger partial charge in [-0.1, -0.05) is 6.92 Å². The van der Waals surface area contributed by atoms with Crippen LogP contribution in [0.5, 0.6) is 0 Å². The minimum atomic E-state index is -0.638. The molecule has 1 amide bonds. The van der Waals surface area contributed by atoms with Crippen LogP contribution in [0.4, 0.5) is 0 Å². The van der Waals surface area contributed by atoms with Gasteiger partial charge in [0.2, 0.25) is 5.91 Å². The molecule has 0 bridgehead atoms. The number of nitrogens with one attached hydrogen (secondary N) is 1. The molecule has 1 saturated heterocycles. The van der Waals surface area contributed by atoms with Gasteiger partial charge in [-0.25, -0.2) is 0 Å². The number of carbonyl (C=O) groups is 1. The first-order valence-electron chi connectivity index (χ1n) is 6.70. The number of aryl methyl sites for hydroxylation is 1. The van der Waals surface area contributed by atoms with Crippen molar-refractivity contribution in [2.24, 2.45) is 18.7 Å². The Morgan fingerprint density at radius 1 is 1.58 bits per heavy atom. The lowest BCUT2D eigenvalue weighted by molar-refractivity contribution is -0.123. The molecule has 2 rings (SSSR count). The van der Waals surface area contributed by atoms with Crippen LogP contribution in [0.2, 0.25) is 0 Å². The normalized spacial score (nSPS) is 26.1. The monoisotopic (exact) mass is 265 g/mol. The van der Waals surface area contributed by atoms with Gasteiger partial charge >= 0.3 is 0 Å². The molecule has 0 spiro atoms. The number of hydrogen-bond donors (Lipinski definition) is 2. The lowest BCUT2D eigenvalue weighted by Gasteiger charge is -2.35. The second-order valence-electron chi connectivity index (χ2n) is 5.57. The quantitative estimate of drug-likeness (QED) is 0.798. The maximum Gasteiger partial charge on any atom is 0.241 e. The minimum Gasteiger partial charge on any atom is -0.351 e. The minimum absolute atomic E-state index is 0.116. The highest BCUT2D eigenvalue weighted by Gasteiger charge is 2.27. The van der Waals surface area contributed by atoms with Crippen molar-refractivity contribution in [1.29, 1.82) is 0 Å². The van der Waals surface area contributed by atoms with Crippen molar-refractivity contribution in [1.82, 2.24) is 20.0 Å². The number of hydrogen-bond acceptors (Lipinski definition) is 4. The van der Waals surface area contributed by atoms with Gasteiger partial charge in [0.05, 0.1) is 6.20 Å². The summed E-state index contributed by atoms with van der Waals surface area (Å²) in [5.74, 6) is 0.332. The van der Waals surface area contributed by atoms with Crippen LogP contribution in [0, 0.1) is 5.92 Å². The van der Waals surface area contributed by atoms with Crippen molar-refractivity contribution < 1.29 is 4.79 Å². The fourth-order valence-corrected chi connectivity index (χ4v) is 2.59. The Kier molecular flexibility index (Phi) is 4.21. The lowest BCUT2D eigenvalue weighted by atomic mass is 9.94. The Morgan fingerprint density at radius 3 is 2.89 bits per heavy atom. The van der Waals surface area contributed by atoms with E-state index >= 15 is 0 Å². The van der Waals surface area contributed by atoms with Crippen molar-refractivity contribution in [2.75, 3.05) is 20.1 Å². The van der Waals surface area contributed by atoms with E-state index in [0.29, 0.717) is 5.92 Å². The summed E-state index contributed by atoms with van der Waals surface area (Å²) in [7, 11) is 3.92. The number of piperidine rings is 1. The number of carbonyl (C=O) groups excluding carboxylic acids is 1. The number of amides is 1. The van der Waals surface area contributed by atoms with E-state index in [1.165, 1.54) is 0 Å². The molecule has 0 radical (unpaired) electrons. The molecule has 1 aliphatic heterocycles. The van der Waals surface area contributed by atoms with Crippen LogP contribution in [-0.4, -0.2) is 46.8 Å². The molecule has 1 fully saturated rings. The first-order chi connectivity index (χ1) is 8.97. The zero-order chi connectivity index (χ0) is 14.0. The number of likely N-dealkylation sites (tertiary alicyclic amines) is 1. The SMILES string of the molecule is CC1CN(C)CCC1NC(=O)C(N)c1cnn(C)c1. The molecule has 106 valence electrons. The average Bonchev–Trinajstić information content (AvgIpc) is 2.78. The Morgan fingerprint density at radius 2 is 2.32 bits per heavy atom. The van der Waals surface area contributed by atoms with Gasteiger partial charge in [0.1, 0.15) is 6.04 Å². The number of rotatable bonds is 3. The second kappa shape index (κ2) is 5.71. The van der Waals surface area contributed by atoms with Gasteiger partial charge in [-0.3, -0.25) is 9.48 Å². The molecule has 6 heteroatoms. The first kappa shape index (κ1) is 14.0. The van der Waals surface area contributed by atoms with Gasteiger partial charge in [0.25, 0.3) is 0 Å². The van der Waals surface area contributed by atoms with Gasteiger partial charge < -0.3 is 16.0 Å². The molecule has 1 aromatic rings. The molecule has 0 aromatic carbocycles. The van der Waals surface area contributed by atoms with Gasteiger partial charge in [0, 0.05) is 31.4 Å². The summed E-state index contributed by atoms with van der Waals surface area (Å²) in [6, 6.07) is -0.424. The van der Waals surface area contributed by atoms with Crippen molar-refractivity contribution in [3.8, 4) is 0 Å². The number of aromatic nitrogens is 2. The highest BCUT2D eigenvalue weighted by atomic mass is 16.2. The van der Waals surface area contributed by atoms with Crippen LogP contribution in [-0.2, 0) is 11.8 Å². The van der Waals surface area contributed by atoms with Crippen molar-refractivity contribution in [2.45, 2.75) is 25.4 Å². The maximum atomic E-state index is 12.2. The molecule has 0 saturated carbocycles. The Bertz CT molecular complexity index is 444. The Balaban J connectivity index is 1.93. The zero-order valence-corrected chi connectivity index (χ0v) is 11.8. The van der Waals surface area contributed by atoms with Crippen molar-refractivity contribution >= 4 is 5.91 Å². The average molecular weight is 265 g/mol. The highest BCUT2D eigenvalue weighted by molar-refractivity contribution is 5.83. The second-order valence-corrected chi connectivity index (χ2v) is 5.57. The van der Waals surface area contributed by atoms with E-state index in [1.807, 2.05) is 7.05 Å². The van der Waals surface area contributed by atoms with E-state index in [9.17, 15) is 4.79 Å². The van der Waals surface area contributed by atoms with Crippen LogP contribution in [0.25, 0.3) is 0 Å². The smallest absolute Gasteiger partial charge is 0.241 e. The molecule has 3 unspecified atom stereocenters. The summed E-state index contributed by atoms with van der Waals surface area (Å²) >= 11 is 0. The molecule has 1 aromatic heterocycles. The van der Waals surface area contributed by atoms with E-state index < -0.39 is 6.04 Å². The van der Waals surface area contributed by atoms with Crippen molar-refractivity contribution in [3.05, 3.63) is 18.0 Å². The van der Waals surface area contributed by atoms with E-state index in [0.717, 1.165) is 25.1 Å². The van der Waals surface area contributed by atoms with Gasteiger partial charge in [-0.15, -0.1) is 0 Å². The standard InChI is InChI=1S/C13H23N5O/c1-9-7-17(2)5-4-11(9)16-13(19)12(14)10-6-15-18(3)8-10/h6,8-9,11-12H,4-5,7,14H2,1-3H3,(H,16,19). The van der Waals surface area contributed by atoms with Crippen LogP contribution in [0.1, 0.15) is 24.9 Å². The zero-order valence-electron chi connectivity index (χ0n) is 11.8. The fraction of sp³-hybridized carbons (Fsp3) is 0.692. The Hall–Kier alpha value is -1.40.